The Morgan fingerprint density at radius 1 is 0.905 bits per heavy atom. The van der Waals surface area contributed by atoms with Crippen LogP contribution in [0.4, 0.5) is 0 Å². The molecule has 0 saturated carbocycles. The minimum absolute atomic E-state index is 0.272. The Balaban J connectivity index is 1.27. The molecule has 0 unspecified atom stereocenters. The molecule has 1 atom stereocenters. The molecular formula is C34H39N7O. The van der Waals surface area contributed by atoms with Crippen LogP contribution >= 0.6 is 0 Å². The van der Waals surface area contributed by atoms with Crippen molar-refractivity contribution in [1.29, 1.82) is 0 Å². The van der Waals surface area contributed by atoms with E-state index in [1.807, 2.05) is 17.4 Å². The van der Waals surface area contributed by atoms with Crippen LogP contribution in [0.25, 0.3) is 44.4 Å². The van der Waals surface area contributed by atoms with Gasteiger partial charge in [0.2, 0.25) is 0 Å². The smallest absolute Gasteiger partial charge is 0.193 e. The van der Waals surface area contributed by atoms with Gasteiger partial charge in [-0.2, -0.15) is 0 Å². The van der Waals surface area contributed by atoms with E-state index in [2.05, 4.69) is 118 Å². The van der Waals surface area contributed by atoms with Crippen LogP contribution in [-0.2, 0) is 17.7 Å². The summed E-state index contributed by atoms with van der Waals surface area (Å²) in [7, 11) is 1.60. The number of hydrazine groups is 1. The van der Waals surface area contributed by atoms with Crippen molar-refractivity contribution in [3.63, 3.8) is 0 Å². The summed E-state index contributed by atoms with van der Waals surface area (Å²) >= 11 is 0. The fourth-order valence-electron chi connectivity index (χ4n) is 5.03. The molecule has 3 aromatic carbocycles. The number of imidazole rings is 2. The summed E-state index contributed by atoms with van der Waals surface area (Å²) in [6, 6.07) is 22.0. The molecule has 8 nitrogen and oxygen atoms in total. The van der Waals surface area contributed by atoms with Gasteiger partial charge in [0.25, 0.3) is 0 Å². The maximum absolute atomic E-state index is 5.17. The number of methoxy groups -OCH3 is 1. The number of aromatic amines is 2. The van der Waals surface area contributed by atoms with Gasteiger partial charge in [-0.1, -0.05) is 62.0 Å². The zero-order chi connectivity index (χ0) is 29.5. The molecule has 0 bridgehead atoms. The highest BCUT2D eigenvalue weighted by Crippen LogP contribution is 2.29. The van der Waals surface area contributed by atoms with Crippen LogP contribution in [0.5, 0.6) is 0 Å². The van der Waals surface area contributed by atoms with Crippen molar-refractivity contribution in [2.24, 2.45) is 0 Å². The van der Waals surface area contributed by atoms with Gasteiger partial charge in [0.15, 0.2) is 5.88 Å². The highest BCUT2D eigenvalue weighted by atomic mass is 16.5. The second-order valence-corrected chi connectivity index (χ2v) is 10.5. The van der Waals surface area contributed by atoms with Crippen molar-refractivity contribution in [1.82, 2.24) is 35.7 Å². The summed E-state index contributed by atoms with van der Waals surface area (Å²) in [5.74, 6) is 2.34. The number of nitrogens with zero attached hydrogens (tertiary/aromatic N) is 3. The lowest BCUT2D eigenvalue weighted by Crippen LogP contribution is -2.37. The summed E-state index contributed by atoms with van der Waals surface area (Å²) in [5, 5.41) is 7.63. The van der Waals surface area contributed by atoms with Gasteiger partial charge >= 0.3 is 0 Å². The number of ether oxygens (including phenoxy) is 1. The van der Waals surface area contributed by atoms with Crippen LogP contribution in [0.2, 0.25) is 0 Å². The molecule has 2 aromatic heterocycles. The Hall–Kier alpha value is -4.82. The van der Waals surface area contributed by atoms with Gasteiger partial charge in [0.1, 0.15) is 11.6 Å². The van der Waals surface area contributed by atoms with Gasteiger partial charge in [0.05, 0.1) is 37.4 Å². The third-order valence-electron chi connectivity index (χ3n) is 7.20. The average molecular weight is 562 g/mol. The monoisotopic (exact) mass is 561 g/mol. The number of aromatic nitrogens is 4. The minimum Gasteiger partial charge on any atom is -0.482 e. The van der Waals surface area contributed by atoms with E-state index in [0.29, 0.717) is 12.4 Å². The molecule has 4 N–H and O–H groups in total. The predicted octanol–water partition coefficient (Wildman–Crippen LogP) is 6.79. The number of rotatable bonds is 14. The lowest BCUT2D eigenvalue weighted by atomic mass is 9.98. The number of fused-ring (bicyclic) bond motifs is 1. The van der Waals surface area contributed by atoms with Gasteiger partial charge < -0.3 is 20.0 Å². The quantitative estimate of drug-likeness (QED) is 0.0882. The fourth-order valence-corrected chi connectivity index (χ4v) is 5.03. The first kappa shape index (κ1) is 28.7. The Morgan fingerprint density at radius 3 is 2.19 bits per heavy atom. The topological polar surface area (TPSA) is 93.9 Å². The lowest BCUT2D eigenvalue weighted by Gasteiger charge is -2.23. The first-order valence-corrected chi connectivity index (χ1v) is 14.3. The summed E-state index contributed by atoms with van der Waals surface area (Å²) in [4.78, 5) is 16.1. The summed E-state index contributed by atoms with van der Waals surface area (Å²) in [5.41, 5.74) is 9.74. The molecule has 0 fully saturated rings. The van der Waals surface area contributed by atoms with Gasteiger partial charge in [-0.25, -0.2) is 15.0 Å². The molecule has 8 heteroatoms. The average Bonchev–Trinajstić information content (AvgIpc) is 3.67. The number of H-pyrrole nitrogens is 2. The van der Waals surface area contributed by atoms with Crippen molar-refractivity contribution in [2.45, 2.75) is 39.3 Å². The SMILES string of the molecule is C=CN[C@@H](C)Cc1ncc(-c2ccc3cc(-c4ccc(-c5cnc(CN(CCC)NC(=C)OC)[nH]5)cc4)ccc3c2)[nH]1. The number of nitrogens with one attached hydrogen (secondary N) is 4. The predicted molar refractivity (Wildman–Crippen MR) is 171 cm³/mol. The Morgan fingerprint density at radius 2 is 1.50 bits per heavy atom. The second kappa shape index (κ2) is 13.2. The molecule has 5 rings (SSSR count). The van der Waals surface area contributed by atoms with E-state index in [9.17, 15) is 0 Å². The largest absolute Gasteiger partial charge is 0.482 e. The third kappa shape index (κ3) is 6.90. The van der Waals surface area contributed by atoms with E-state index < -0.39 is 0 Å². The van der Waals surface area contributed by atoms with Crippen molar-refractivity contribution < 1.29 is 4.74 Å². The van der Waals surface area contributed by atoms with Gasteiger partial charge in [-0.15, -0.1) is 0 Å². The third-order valence-corrected chi connectivity index (χ3v) is 7.20. The van der Waals surface area contributed by atoms with Crippen LogP contribution in [-0.4, -0.2) is 44.6 Å². The normalized spacial score (nSPS) is 11.9. The van der Waals surface area contributed by atoms with E-state index >= 15 is 0 Å². The molecule has 0 saturated heterocycles. The van der Waals surface area contributed by atoms with E-state index in [-0.39, 0.29) is 6.04 Å². The Kier molecular flexibility index (Phi) is 9.04. The fraction of sp³-hybridized carbons (Fsp3) is 0.235. The maximum atomic E-state index is 5.17. The van der Waals surface area contributed by atoms with E-state index in [4.69, 9.17) is 4.74 Å². The van der Waals surface area contributed by atoms with Crippen molar-refractivity contribution in [2.75, 3.05) is 13.7 Å². The summed E-state index contributed by atoms with van der Waals surface area (Å²) in [6.45, 7) is 13.3. The highest BCUT2D eigenvalue weighted by molar-refractivity contribution is 5.90. The van der Waals surface area contributed by atoms with Crippen LogP contribution in [0, 0.1) is 0 Å². The summed E-state index contributed by atoms with van der Waals surface area (Å²) < 4.78 is 5.17. The zero-order valence-electron chi connectivity index (χ0n) is 24.6. The second-order valence-electron chi connectivity index (χ2n) is 10.5. The maximum Gasteiger partial charge on any atom is 0.193 e. The molecule has 42 heavy (non-hydrogen) atoms. The van der Waals surface area contributed by atoms with Crippen LogP contribution in [0.15, 0.2) is 98.3 Å². The van der Waals surface area contributed by atoms with Crippen LogP contribution in [0.1, 0.15) is 31.9 Å². The first-order valence-electron chi connectivity index (χ1n) is 14.3. The molecule has 0 amide bonds. The molecular weight excluding hydrogens is 522 g/mol. The number of hydrogen-bond acceptors (Lipinski definition) is 6. The molecule has 216 valence electrons. The molecule has 0 radical (unpaired) electrons. The molecule has 0 spiro atoms. The van der Waals surface area contributed by atoms with E-state index in [1.54, 1.807) is 13.3 Å². The molecule has 0 aliphatic carbocycles. The molecule has 5 aromatic rings. The Labute approximate surface area is 247 Å². The first-order chi connectivity index (χ1) is 20.4. The zero-order valence-corrected chi connectivity index (χ0v) is 24.6. The van der Waals surface area contributed by atoms with Crippen LogP contribution in [0.3, 0.4) is 0 Å². The molecule has 0 aliphatic rings. The van der Waals surface area contributed by atoms with Crippen LogP contribution < -0.4 is 10.7 Å². The molecule has 2 heterocycles. The highest BCUT2D eigenvalue weighted by Gasteiger charge is 2.11. The Bertz CT molecular complexity index is 1650. The van der Waals surface area contributed by atoms with Crippen molar-refractivity contribution in [3.8, 4) is 33.6 Å². The molecule has 0 aliphatic heterocycles. The standard InChI is InChI=1S/C34H39N7O/c1-6-16-41(40-24(4)42-5)22-34-37-20-31(39-34)26-10-8-25(9-11-26)27-12-13-29-19-30(15-14-28(29)18-27)32-21-36-33(38-32)17-23(3)35-7-2/h7-15,18-21,23,35,40H,2,4,6,16-17,22H2,1,3,5H3,(H,36,38)(H,37,39)/t23-/m0/s1. The summed E-state index contributed by atoms with van der Waals surface area (Å²) in [6.07, 6.45) is 7.32. The van der Waals surface area contributed by atoms with Gasteiger partial charge in [-0.05, 0) is 65.7 Å². The number of benzene rings is 3. The minimum atomic E-state index is 0.272. The van der Waals surface area contributed by atoms with Gasteiger partial charge in [0, 0.05) is 24.6 Å². The van der Waals surface area contributed by atoms with E-state index in [1.165, 1.54) is 21.9 Å². The van der Waals surface area contributed by atoms with E-state index in [0.717, 1.165) is 53.5 Å². The van der Waals surface area contributed by atoms with Crippen molar-refractivity contribution >= 4 is 10.8 Å². The number of hydrogen-bond donors (Lipinski definition) is 4. The van der Waals surface area contributed by atoms with Gasteiger partial charge in [-0.3, -0.25) is 5.43 Å². The lowest BCUT2D eigenvalue weighted by molar-refractivity contribution is 0.132. The van der Waals surface area contributed by atoms with Crippen molar-refractivity contribution in [3.05, 3.63) is 110 Å².